The van der Waals surface area contributed by atoms with Crippen molar-refractivity contribution >= 4 is 6.08 Å². The van der Waals surface area contributed by atoms with Crippen molar-refractivity contribution in [1.82, 2.24) is 0 Å². The van der Waals surface area contributed by atoms with Crippen molar-refractivity contribution in [3.8, 4) is 5.75 Å². The molecule has 1 saturated heterocycles. The van der Waals surface area contributed by atoms with E-state index in [-0.39, 0.29) is 17.7 Å². The number of halogens is 6. The van der Waals surface area contributed by atoms with Crippen LogP contribution in [0.15, 0.2) is 42.5 Å². The van der Waals surface area contributed by atoms with Crippen LogP contribution >= 0.6 is 0 Å². The van der Waals surface area contributed by atoms with Gasteiger partial charge in [0.05, 0.1) is 6.10 Å². The number of rotatable bonds is 9. The number of ether oxygens (including phenoxy) is 2. The first-order valence-electron chi connectivity index (χ1n) is 12.7. The lowest BCUT2D eigenvalue weighted by Gasteiger charge is -2.35. The summed E-state index contributed by atoms with van der Waals surface area (Å²) in [5.74, 6) is 0.758. The Morgan fingerprint density at radius 1 is 0.974 bits per heavy atom. The van der Waals surface area contributed by atoms with Crippen LogP contribution in [0.3, 0.4) is 0 Å². The SMILES string of the molecule is CCC(CC)(c1ccc(/C=C/C(O)(C(F)(F)F)C(F)(F)F)c(C)c1)c1cccc(C)c1OC[C@@H]1CCCO1. The summed E-state index contributed by atoms with van der Waals surface area (Å²) in [6, 6.07) is 10.9. The minimum Gasteiger partial charge on any atom is -0.490 e. The van der Waals surface area contributed by atoms with E-state index in [9.17, 15) is 31.4 Å². The predicted octanol–water partition coefficient (Wildman–Crippen LogP) is 7.84. The first-order chi connectivity index (χ1) is 17.7. The van der Waals surface area contributed by atoms with E-state index in [1.807, 2.05) is 39.0 Å². The van der Waals surface area contributed by atoms with E-state index in [1.54, 1.807) is 19.1 Å². The van der Waals surface area contributed by atoms with Crippen LogP contribution in [-0.4, -0.2) is 42.4 Å². The summed E-state index contributed by atoms with van der Waals surface area (Å²) in [7, 11) is 0. The number of alkyl halides is 6. The molecule has 0 bridgehead atoms. The molecular formula is C29H34F6O3. The Balaban J connectivity index is 2.02. The maximum atomic E-state index is 13.1. The fraction of sp³-hybridized carbons (Fsp3) is 0.517. The summed E-state index contributed by atoms with van der Waals surface area (Å²) < 4.78 is 90.6. The van der Waals surface area contributed by atoms with Crippen molar-refractivity contribution in [3.05, 3.63) is 70.3 Å². The normalized spacial score (nSPS) is 17.4. The van der Waals surface area contributed by atoms with Gasteiger partial charge >= 0.3 is 12.4 Å². The van der Waals surface area contributed by atoms with Crippen molar-refractivity contribution in [2.75, 3.05) is 13.2 Å². The standard InChI is InChI=1S/C29H34F6O3/c1-5-26(6-2,24-11-7-9-19(3)25(24)38-18-23-10-8-16-37-23)22-13-12-21(20(4)17-22)14-15-27(36,28(30,31)32)29(33,34)35/h7,9,11-15,17,23,36H,5-6,8,10,16,18H2,1-4H3/b15-14+/t23-/m0/s1. The topological polar surface area (TPSA) is 38.7 Å². The molecule has 210 valence electrons. The fourth-order valence-corrected chi connectivity index (χ4v) is 5.09. The Labute approximate surface area is 219 Å². The molecule has 1 aliphatic rings. The molecule has 0 unspecified atom stereocenters. The molecule has 0 saturated carbocycles. The van der Waals surface area contributed by atoms with Crippen molar-refractivity contribution in [3.63, 3.8) is 0 Å². The van der Waals surface area contributed by atoms with E-state index >= 15 is 0 Å². The van der Waals surface area contributed by atoms with E-state index in [0.717, 1.165) is 35.3 Å². The molecule has 2 aromatic carbocycles. The molecule has 1 N–H and O–H groups in total. The first kappa shape index (κ1) is 30.0. The zero-order chi connectivity index (χ0) is 28.4. The molecule has 0 amide bonds. The van der Waals surface area contributed by atoms with Gasteiger partial charge in [0, 0.05) is 17.6 Å². The quantitative estimate of drug-likeness (QED) is 0.327. The highest BCUT2D eigenvalue weighted by molar-refractivity contribution is 5.58. The van der Waals surface area contributed by atoms with E-state index in [4.69, 9.17) is 9.47 Å². The van der Waals surface area contributed by atoms with Gasteiger partial charge in [-0.05, 0) is 67.9 Å². The zero-order valence-corrected chi connectivity index (χ0v) is 22.0. The van der Waals surface area contributed by atoms with Crippen LogP contribution < -0.4 is 4.74 Å². The number of hydrogen-bond acceptors (Lipinski definition) is 3. The van der Waals surface area contributed by atoms with Gasteiger partial charge in [0.15, 0.2) is 0 Å². The Hall–Kier alpha value is -2.52. The Morgan fingerprint density at radius 3 is 2.16 bits per heavy atom. The minimum atomic E-state index is -5.92. The second kappa shape index (κ2) is 11.3. The molecule has 2 aromatic rings. The molecule has 1 aliphatic heterocycles. The second-order valence-electron chi connectivity index (χ2n) is 9.85. The van der Waals surface area contributed by atoms with Gasteiger partial charge in [0.1, 0.15) is 12.4 Å². The highest BCUT2D eigenvalue weighted by Crippen LogP contribution is 2.46. The van der Waals surface area contributed by atoms with E-state index < -0.39 is 23.4 Å². The molecule has 0 aromatic heterocycles. The van der Waals surface area contributed by atoms with Crippen molar-refractivity contribution in [2.24, 2.45) is 0 Å². The van der Waals surface area contributed by atoms with E-state index in [0.29, 0.717) is 37.7 Å². The monoisotopic (exact) mass is 544 g/mol. The molecule has 3 rings (SSSR count). The van der Waals surface area contributed by atoms with Crippen molar-refractivity contribution < 1.29 is 40.9 Å². The minimum absolute atomic E-state index is 0.0282. The lowest BCUT2D eigenvalue weighted by Crippen LogP contribution is -2.55. The van der Waals surface area contributed by atoms with Crippen LogP contribution in [0.4, 0.5) is 26.3 Å². The number of para-hydroxylation sites is 1. The molecule has 1 heterocycles. The van der Waals surface area contributed by atoms with Crippen molar-refractivity contribution in [2.45, 2.75) is 82.9 Å². The maximum Gasteiger partial charge on any atom is 0.430 e. The largest absolute Gasteiger partial charge is 0.490 e. The summed E-state index contributed by atoms with van der Waals surface area (Å²) in [4.78, 5) is 0. The summed E-state index contributed by atoms with van der Waals surface area (Å²) in [6.45, 7) is 8.78. The van der Waals surface area contributed by atoms with Gasteiger partial charge in [0.2, 0.25) is 0 Å². The van der Waals surface area contributed by atoms with Crippen LogP contribution in [0.5, 0.6) is 5.75 Å². The molecular weight excluding hydrogens is 510 g/mol. The van der Waals surface area contributed by atoms with Crippen LogP contribution in [0, 0.1) is 13.8 Å². The smallest absolute Gasteiger partial charge is 0.430 e. The number of hydrogen-bond donors (Lipinski definition) is 1. The lowest BCUT2D eigenvalue weighted by molar-refractivity contribution is -0.347. The Bertz CT molecular complexity index is 1110. The lowest BCUT2D eigenvalue weighted by atomic mass is 9.69. The summed E-state index contributed by atoms with van der Waals surface area (Å²) in [6.07, 6.45) is -8.09. The second-order valence-corrected chi connectivity index (χ2v) is 9.85. The van der Waals surface area contributed by atoms with Gasteiger partial charge in [-0.25, -0.2) is 0 Å². The van der Waals surface area contributed by atoms with Gasteiger partial charge in [-0.2, -0.15) is 26.3 Å². The molecule has 9 heteroatoms. The molecule has 0 radical (unpaired) electrons. The fourth-order valence-electron chi connectivity index (χ4n) is 5.09. The van der Waals surface area contributed by atoms with E-state index in [1.165, 1.54) is 6.07 Å². The molecule has 3 nitrogen and oxygen atoms in total. The number of aryl methyl sites for hydroxylation is 2. The Kier molecular flexibility index (Phi) is 8.93. The summed E-state index contributed by atoms with van der Waals surface area (Å²) in [5, 5.41) is 9.47. The molecule has 1 fully saturated rings. The van der Waals surface area contributed by atoms with Gasteiger partial charge in [-0.15, -0.1) is 0 Å². The number of benzene rings is 2. The average molecular weight is 545 g/mol. The summed E-state index contributed by atoms with van der Waals surface area (Å²) in [5.41, 5.74) is -2.05. The number of aliphatic hydroxyl groups is 1. The van der Waals surface area contributed by atoms with Crippen LogP contribution in [0.2, 0.25) is 0 Å². The third kappa shape index (κ3) is 5.73. The molecule has 1 atom stereocenters. The first-order valence-corrected chi connectivity index (χ1v) is 12.7. The zero-order valence-electron chi connectivity index (χ0n) is 22.0. The van der Waals surface area contributed by atoms with Crippen LogP contribution in [-0.2, 0) is 10.2 Å². The van der Waals surface area contributed by atoms with Crippen LogP contribution in [0.1, 0.15) is 67.3 Å². The van der Waals surface area contributed by atoms with Gasteiger partial charge < -0.3 is 14.6 Å². The highest BCUT2D eigenvalue weighted by Gasteiger charge is 2.68. The van der Waals surface area contributed by atoms with Gasteiger partial charge in [0.25, 0.3) is 5.60 Å². The van der Waals surface area contributed by atoms with Crippen LogP contribution in [0.25, 0.3) is 6.08 Å². The third-order valence-electron chi connectivity index (χ3n) is 7.56. The van der Waals surface area contributed by atoms with Crippen molar-refractivity contribution in [1.29, 1.82) is 0 Å². The van der Waals surface area contributed by atoms with Gasteiger partial charge in [-0.3, -0.25) is 0 Å². The van der Waals surface area contributed by atoms with E-state index in [2.05, 4.69) is 0 Å². The predicted molar refractivity (Wildman–Crippen MR) is 134 cm³/mol. The third-order valence-corrected chi connectivity index (χ3v) is 7.56. The molecule has 0 spiro atoms. The molecule has 38 heavy (non-hydrogen) atoms. The highest BCUT2D eigenvalue weighted by atomic mass is 19.4. The average Bonchev–Trinajstić information content (AvgIpc) is 3.36. The molecule has 0 aliphatic carbocycles. The maximum absolute atomic E-state index is 13.1. The van der Waals surface area contributed by atoms with Gasteiger partial charge in [-0.1, -0.05) is 56.3 Å². The summed E-state index contributed by atoms with van der Waals surface area (Å²) >= 11 is 0. The Morgan fingerprint density at radius 2 is 1.63 bits per heavy atom.